The number of fused-ring (bicyclic) bond motifs is 2. The van der Waals surface area contributed by atoms with Crippen LogP contribution in [0.2, 0.25) is 0 Å². The van der Waals surface area contributed by atoms with Gasteiger partial charge in [-0.2, -0.15) is 0 Å². The highest BCUT2D eigenvalue weighted by Gasteiger charge is 2.35. The molecule has 1 aromatic carbocycles. The molecule has 3 rings (SSSR count). The van der Waals surface area contributed by atoms with E-state index in [1.54, 1.807) is 0 Å². The summed E-state index contributed by atoms with van der Waals surface area (Å²) in [4.78, 5) is 0. The highest BCUT2D eigenvalue weighted by Crippen LogP contribution is 2.44. The van der Waals surface area contributed by atoms with Crippen LogP contribution in [0.25, 0.3) is 0 Å². The molecule has 2 aliphatic rings. The van der Waals surface area contributed by atoms with Crippen LogP contribution in [0.3, 0.4) is 0 Å². The van der Waals surface area contributed by atoms with E-state index in [4.69, 9.17) is 0 Å². The van der Waals surface area contributed by atoms with E-state index in [0.29, 0.717) is 0 Å². The maximum absolute atomic E-state index is 2.45. The molecule has 15 heavy (non-hydrogen) atoms. The van der Waals surface area contributed by atoms with E-state index in [1.165, 1.54) is 28.4 Å². The van der Waals surface area contributed by atoms with E-state index in [0.717, 1.165) is 17.8 Å². The van der Waals surface area contributed by atoms with Gasteiger partial charge >= 0.3 is 0 Å². The van der Waals surface area contributed by atoms with Crippen molar-refractivity contribution in [2.45, 2.75) is 19.3 Å². The molecule has 0 amide bonds. The van der Waals surface area contributed by atoms with Crippen LogP contribution >= 0.6 is 22.6 Å². The van der Waals surface area contributed by atoms with E-state index in [1.807, 2.05) is 0 Å². The van der Waals surface area contributed by atoms with Crippen molar-refractivity contribution in [1.82, 2.24) is 0 Å². The minimum Gasteiger partial charge on any atom is -0.0851 e. The largest absolute Gasteiger partial charge is 0.0851 e. The number of rotatable bonds is 2. The summed E-state index contributed by atoms with van der Waals surface area (Å²) in [5.74, 6) is 2.71. The first-order chi connectivity index (χ1) is 7.31. The molecule has 3 atom stereocenters. The Kier molecular flexibility index (Phi) is 2.59. The monoisotopic (exact) mass is 310 g/mol. The van der Waals surface area contributed by atoms with Crippen molar-refractivity contribution in [3.05, 3.63) is 45.6 Å². The summed E-state index contributed by atoms with van der Waals surface area (Å²) in [7, 11) is 0. The van der Waals surface area contributed by atoms with Crippen LogP contribution in [0.15, 0.2) is 36.4 Å². The average Bonchev–Trinajstić information content (AvgIpc) is 2.83. The first kappa shape index (κ1) is 9.88. The van der Waals surface area contributed by atoms with Crippen molar-refractivity contribution in [3.8, 4) is 0 Å². The van der Waals surface area contributed by atoms with Crippen molar-refractivity contribution in [2.75, 3.05) is 0 Å². The van der Waals surface area contributed by atoms with E-state index >= 15 is 0 Å². The summed E-state index contributed by atoms with van der Waals surface area (Å²) in [6, 6.07) is 9.02. The fraction of sp³-hybridized carbons (Fsp3) is 0.429. The van der Waals surface area contributed by atoms with Crippen molar-refractivity contribution in [2.24, 2.45) is 17.8 Å². The third-order valence-corrected chi connectivity index (χ3v) is 4.55. The zero-order chi connectivity index (χ0) is 10.3. The molecule has 0 saturated heterocycles. The summed E-state index contributed by atoms with van der Waals surface area (Å²) >= 11 is 2.37. The van der Waals surface area contributed by atoms with Crippen molar-refractivity contribution >= 4 is 22.6 Å². The molecule has 2 aliphatic carbocycles. The molecular formula is C14H15I. The Labute approximate surface area is 105 Å². The minimum atomic E-state index is 0.884. The van der Waals surface area contributed by atoms with Gasteiger partial charge in [-0.25, -0.2) is 0 Å². The smallest absolute Gasteiger partial charge is 0.0130 e. The predicted octanol–water partition coefficient (Wildman–Crippen LogP) is 4.05. The van der Waals surface area contributed by atoms with Gasteiger partial charge < -0.3 is 0 Å². The van der Waals surface area contributed by atoms with E-state index in [-0.39, 0.29) is 0 Å². The highest BCUT2D eigenvalue weighted by atomic mass is 127. The molecule has 0 N–H and O–H groups in total. The zero-order valence-corrected chi connectivity index (χ0v) is 10.9. The second-order valence-corrected chi connectivity index (χ2v) is 6.12. The van der Waals surface area contributed by atoms with Crippen molar-refractivity contribution in [3.63, 3.8) is 0 Å². The standard InChI is InChI=1S/C14H15I/c15-14-5-2-10(3-6-14)7-13-9-11-1-4-12(13)8-11/h1-6,11-13H,7-9H2. The number of benzene rings is 1. The van der Waals surface area contributed by atoms with E-state index in [9.17, 15) is 0 Å². The summed E-state index contributed by atoms with van der Waals surface area (Å²) < 4.78 is 1.34. The second-order valence-electron chi connectivity index (χ2n) is 4.87. The molecule has 1 aromatic rings. The van der Waals surface area contributed by atoms with E-state index < -0.39 is 0 Å². The first-order valence-corrected chi connectivity index (χ1v) is 6.82. The lowest BCUT2D eigenvalue weighted by molar-refractivity contribution is 0.446. The molecule has 0 aliphatic heterocycles. The number of hydrogen-bond acceptors (Lipinski definition) is 0. The molecular weight excluding hydrogens is 295 g/mol. The topological polar surface area (TPSA) is 0 Å². The quantitative estimate of drug-likeness (QED) is 0.571. The Hall–Kier alpha value is -0.310. The molecule has 0 nitrogen and oxygen atoms in total. The first-order valence-electron chi connectivity index (χ1n) is 5.74. The zero-order valence-electron chi connectivity index (χ0n) is 8.70. The second kappa shape index (κ2) is 3.93. The van der Waals surface area contributed by atoms with Crippen LogP contribution in [-0.2, 0) is 6.42 Å². The normalized spacial score (nSPS) is 32.5. The minimum absolute atomic E-state index is 0.884. The third-order valence-electron chi connectivity index (χ3n) is 3.83. The van der Waals surface area contributed by atoms with Gasteiger partial charge in [0.25, 0.3) is 0 Å². The van der Waals surface area contributed by atoms with Crippen LogP contribution in [0.4, 0.5) is 0 Å². The number of hydrogen-bond donors (Lipinski definition) is 0. The third kappa shape index (κ3) is 1.99. The summed E-state index contributed by atoms with van der Waals surface area (Å²) in [5, 5.41) is 0. The maximum atomic E-state index is 2.45. The Balaban J connectivity index is 1.71. The SMILES string of the molecule is Ic1ccc(CC2CC3C=CC2C3)cc1. The van der Waals surface area contributed by atoms with Gasteiger partial charge in [-0.1, -0.05) is 24.3 Å². The Bertz CT molecular complexity index is 377. The molecule has 3 unspecified atom stereocenters. The lowest BCUT2D eigenvalue weighted by Crippen LogP contribution is -2.10. The summed E-state index contributed by atoms with van der Waals surface area (Å²) in [5.41, 5.74) is 1.52. The lowest BCUT2D eigenvalue weighted by Gasteiger charge is -2.17. The van der Waals surface area contributed by atoms with Crippen molar-refractivity contribution < 1.29 is 0 Å². The summed E-state index contributed by atoms with van der Waals surface area (Å²) in [6.07, 6.45) is 9.01. The molecule has 0 heterocycles. The van der Waals surface area contributed by atoms with Crippen LogP contribution in [0, 0.1) is 21.3 Å². The summed E-state index contributed by atoms with van der Waals surface area (Å²) in [6.45, 7) is 0. The molecule has 0 spiro atoms. The Morgan fingerprint density at radius 1 is 1.07 bits per heavy atom. The Morgan fingerprint density at radius 2 is 1.87 bits per heavy atom. The maximum Gasteiger partial charge on any atom is 0.0130 e. The van der Waals surface area contributed by atoms with Gasteiger partial charge in [-0.15, -0.1) is 0 Å². The van der Waals surface area contributed by atoms with Gasteiger partial charge in [0, 0.05) is 3.57 Å². The fourth-order valence-corrected chi connectivity index (χ4v) is 3.41. The van der Waals surface area contributed by atoms with Gasteiger partial charge in [-0.05, 0) is 77.3 Å². The number of allylic oxidation sites excluding steroid dienone is 2. The van der Waals surface area contributed by atoms with Crippen LogP contribution in [0.5, 0.6) is 0 Å². The molecule has 1 saturated carbocycles. The van der Waals surface area contributed by atoms with Crippen LogP contribution < -0.4 is 0 Å². The molecule has 0 aromatic heterocycles. The lowest BCUT2D eigenvalue weighted by atomic mass is 9.88. The average molecular weight is 310 g/mol. The van der Waals surface area contributed by atoms with E-state index in [2.05, 4.69) is 59.0 Å². The predicted molar refractivity (Wildman–Crippen MR) is 71.7 cm³/mol. The molecule has 78 valence electrons. The number of halogens is 1. The van der Waals surface area contributed by atoms with Crippen LogP contribution in [0.1, 0.15) is 18.4 Å². The highest BCUT2D eigenvalue weighted by molar-refractivity contribution is 14.1. The van der Waals surface area contributed by atoms with Crippen LogP contribution in [-0.4, -0.2) is 0 Å². The van der Waals surface area contributed by atoms with Crippen molar-refractivity contribution in [1.29, 1.82) is 0 Å². The molecule has 1 fully saturated rings. The van der Waals surface area contributed by atoms with Gasteiger partial charge in [0.15, 0.2) is 0 Å². The van der Waals surface area contributed by atoms with Gasteiger partial charge in [-0.3, -0.25) is 0 Å². The Morgan fingerprint density at radius 3 is 2.47 bits per heavy atom. The molecule has 1 heteroatoms. The van der Waals surface area contributed by atoms with Gasteiger partial charge in [0.1, 0.15) is 0 Å². The van der Waals surface area contributed by atoms with Gasteiger partial charge in [0.2, 0.25) is 0 Å². The van der Waals surface area contributed by atoms with Gasteiger partial charge in [0.05, 0.1) is 0 Å². The molecule has 2 bridgehead atoms. The molecule has 0 radical (unpaired) electrons. The fourth-order valence-electron chi connectivity index (χ4n) is 3.05.